The zero-order valence-electron chi connectivity index (χ0n) is 15.8. The van der Waals surface area contributed by atoms with Crippen molar-refractivity contribution in [3.05, 3.63) is 11.9 Å². The molecule has 2 rings (SSSR count). The van der Waals surface area contributed by atoms with E-state index in [0.717, 1.165) is 38.0 Å². The molecule has 1 fully saturated rings. The van der Waals surface area contributed by atoms with Crippen LogP contribution in [-0.4, -0.2) is 47.4 Å². The van der Waals surface area contributed by atoms with Crippen LogP contribution in [-0.2, 0) is 9.53 Å². The van der Waals surface area contributed by atoms with Crippen LogP contribution in [0.4, 0.5) is 11.6 Å². The number of anilines is 2. The first-order valence-corrected chi connectivity index (χ1v) is 8.68. The lowest BCUT2D eigenvalue weighted by atomic mass is 9.83. The van der Waals surface area contributed by atoms with Crippen molar-refractivity contribution in [2.24, 2.45) is 5.41 Å². The van der Waals surface area contributed by atoms with E-state index >= 15 is 0 Å². The molecule has 138 valence electrons. The fraction of sp³-hybridized carbons (Fsp3) is 0.667. The van der Waals surface area contributed by atoms with E-state index in [1.165, 1.54) is 0 Å². The van der Waals surface area contributed by atoms with Crippen molar-refractivity contribution in [2.75, 3.05) is 29.9 Å². The lowest BCUT2D eigenvalue weighted by Crippen LogP contribution is -2.38. The summed E-state index contributed by atoms with van der Waals surface area (Å²) in [6, 6.07) is 0. The van der Waals surface area contributed by atoms with Crippen molar-refractivity contribution >= 4 is 23.8 Å². The molecule has 0 amide bonds. The third-order valence-corrected chi connectivity index (χ3v) is 4.19. The van der Waals surface area contributed by atoms with Crippen LogP contribution in [0.2, 0.25) is 0 Å². The molecule has 0 unspecified atom stereocenters. The monoisotopic (exact) mass is 347 g/mol. The van der Waals surface area contributed by atoms with Crippen LogP contribution >= 0.6 is 0 Å². The highest BCUT2D eigenvalue weighted by atomic mass is 16.6. The van der Waals surface area contributed by atoms with Gasteiger partial charge in [0.15, 0.2) is 5.82 Å². The number of ether oxygens (including phenoxy) is 1. The van der Waals surface area contributed by atoms with Gasteiger partial charge in [-0.3, -0.25) is 4.79 Å². The zero-order chi connectivity index (χ0) is 18.7. The van der Waals surface area contributed by atoms with Gasteiger partial charge in [0.2, 0.25) is 0 Å². The van der Waals surface area contributed by atoms with Gasteiger partial charge in [0, 0.05) is 19.3 Å². The summed E-state index contributed by atoms with van der Waals surface area (Å²) in [5, 5.41) is 10.4. The summed E-state index contributed by atoms with van der Waals surface area (Å²) in [6.07, 6.45) is 5.02. The molecule has 0 saturated carbocycles. The Balaban J connectivity index is 2.07. The third-order valence-electron chi connectivity index (χ3n) is 4.19. The Morgan fingerprint density at radius 1 is 1.40 bits per heavy atom. The van der Waals surface area contributed by atoms with Gasteiger partial charge in [-0.1, -0.05) is 13.8 Å². The van der Waals surface area contributed by atoms with Gasteiger partial charge in [-0.2, -0.15) is 0 Å². The summed E-state index contributed by atoms with van der Waals surface area (Å²) in [7, 11) is 0. The molecule has 0 aliphatic carbocycles. The molecule has 2 heterocycles. The summed E-state index contributed by atoms with van der Waals surface area (Å²) < 4.78 is 5.29. The number of piperidine rings is 1. The predicted molar refractivity (Wildman–Crippen MR) is 99.5 cm³/mol. The molecule has 1 aliphatic heterocycles. The van der Waals surface area contributed by atoms with E-state index in [0.29, 0.717) is 16.9 Å². The van der Waals surface area contributed by atoms with Gasteiger partial charge in [0.1, 0.15) is 23.7 Å². The lowest BCUT2D eigenvalue weighted by Gasteiger charge is -2.37. The highest BCUT2D eigenvalue weighted by Gasteiger charge is 2.26. The maximum absolute atomic E-state index is 11.9. The normalized spacial score (nSPS) is 17.1. The Morgan fingerprint density at radius 2 is 2.04 bits per heavy atom. The minimum absolute atomic E-state index is 0.0106. The first-order valence-electron chi connectivity index (χ1n) is 8.68. The van der Waals surface area contributed by atoms with E-state index in [2.05, 4.69) is 34.0 Å². The third kappa shape index (κ3) is 5.69. The molecule has 25 heavy (non-hydrogen) atoms. The highest BCUT2D eigenvalue weighted by Crippen LogP contribution is 2.31. The second kappa shape index (κ2) is 7.37. The average Bonchev–Trinajstić information content (AvgIpc) is 2.51. The molecule has 1 aromatic heterocycles. The number of carbonyl (C=O) groups is 1. The predicted octanol–water partition coefficient (Wildman–Crippen LogP) is 2.85. The number of hydrogen-bond acceptors (Lipinski definition) is 7. The lowest BCUT2D eigenvalue weighted by molar-refractivity contribution is -0.152. The van der Waals surface area contributed by atoms with Crippen molar-refractivity contribution in [1.29, 1.82) is 5.41 Å². The van der Waals surface area contributed by atoms with Crippen molar-refractivity contribution in [3.8, 4) is 0 Å². The number of aromatic nitrogens is 2. The van der Waals surface area contributed by atoms with E-state index in [9.17, 15) is 4.79 Å². The van der Waals surface area contributed by atoms with Crippen LogP contribution in [0, 0.1) is 10.8 Å². The van der Waals surface area contributed by atoms with E-state index in [1.807, 2.05) is 20.8 Å². The van der Waals surface area contributed by atoms with Gasteiger partial charge >= 0.3 is 5.97 Å². The van der Waals surface area contributed by atoms with Crippen molar-refractivity contribution in [3.63, 3.8) is 0 Å². The molecular weight excluding hydrogens is 318 g/mol. The van der Waals surface area contributed by atoms with Gasteiger partial charge in [-0.25, -0.2) is 9.97 Å². The molecule has 1 aromatic rings. The second-order valence-corrected chi connectivity index (χ2v) is 8.20. The average molecular weight is 347 g/mol. The Morgan fingerprint density at radius 3 is 2.60 bits per heavy atom. The molecule has 1 saturated heterocycles. The van der Waals surface area contributed by atoms with E-state index in [-0.39, 0.29) is 12.5 Å². The first-order chi connectivity index (χ1) is 11.6. The van der Waals surface area contributed by atoms with Gasteiger partial charge in [0.05, 0.1) is 6.20 Å². The number of carbonyl (C=O) groups excluding carboxylic acids is 1. The van der Waals surface area contributed by atoms with E-state index in [1.54, 1.807) is 6.20 Å². The molecule has 7 heteroatoms. The number of nitrogens with one attached hydrogen (secondary N) is 2. The minimum Gasteiger partial charge on any atom is -0.459 e. The van der Waals surface area contributed by atoms with Crippen molar-refractivity contribution in [2.45, 2.75) is 53.1 Å². The molecule has 0 radical (unpaired) electrons. The summed E-state index contributed by atoms with van der Waals surface area (Å²) >= 11 is 0. The topological polar surface area (TPSA) is 91.2 Å². The highest BCUT2D eigenvalue weighted by molar-refractivity contribution is 5.83. The molecule has 7 nitrogen and oxygen atoms in total. The zero-order valence-corrected chi connectivity index (χ0v) is 15.8. The Kier molecular flexibility index (Phi) is 5.65. The van der Waals surface area contributed by atoms with Gasteiger partial charge in [-0.05, 0) is 39.0 Å². The van der Waals surface area contributed by atoms with Gasteiger partial charge < -0.3 is 20.4 Å². The summed E-state index contributed by atoms with van der Waals surface area (Å²) in [5.74, 6) is 0.839. The Labute approximate surface area is 149 Å². The number of hydrogen-bond donors (Lipinski definition) is 2. The summed E-state index contributed by atoms with van der Waals surface area (Å²) in [5.41, 5.74) is 0.234. The van der Waals surface area contributed by atoms with Crippen LogP contribution in [0.3, 0.4) is 0 Å². The standard InChI is InChI=1S/C18H29N5O2/c1-17(2,3)25-15(24)12-21-16-13(10-19)20-11-14(22-16)23-8-6-18(4,5)7-9-23/h10-11,19H,6-9,12H2,1-5H3,(H,21,22). The molecular formula is C18H29N5O2. The summed E-state index contributed by atoms with van der Waals surface area (Å²) in [4.78, 5) is 23.0. The van der Waals surface area contributed by atoms with Crippen LogP contribution in [0.25, 0.3) is 0 Å². The molecule has 2 N–H and O–H groups in total. The van der Waals surface area contributed by atoms with Crippen LogP contribution < -0.4 is 10.2 Å². The molecule has 1 aliphatic rings. The van der Waals surface area contributed by atoms with Crippen LogP contribution in [0.1, 0.15) is 53.2 Å². The van der Waals surface area contributed by atoms with E-state index in [4.69, 9.17) is 10.1 Å². The maximum atomic E-state index is 11.9. The SMILES string of the molecule is CC1(C)CCN(c2cnc(C=N)c(NCC(=O)OC(C)(C)C)n2)CC1. The fourth-order valence-electron chi connectivity index (χ4n) is 2.65. The molecule has 0 aromatic carbocycles. The molecule has 0 atom stereocenters. The quantitative estimate of drug-likeness (QED) is 0.629. The molecule has 0 spiro atoms. The Bertz CT molecular complexity index is 627. The smallest absolute Gasteiger partial charge is 0.325 e. The first kappa shape index (κ1) is 19.1. The largest absolute Gasteiger partial charge is 0.459 e. The molecule has 0 bridgehead atoms. The van der Waals surface area contributed by atoms with E-state index < -0.39 is 5.60 Å². The van der Waals surface area contributed by atoms with Gasteiger partial charge in [0.25, 0.3) is 0 Å². The number of nitrogens with zero attached hydrogens (tertiary/aromatic N) is 3. The fourth-order valence-corrected chi connectivity index (χ4v) is 2.65. The minimum atomic E-state index is -0.530. The summed E-state index contributed by atoms with van der Waals surface area (Å²) in [6.45, 7) is 11.9. The van der Waals surface area contributed by atoms with Crippen LogP contribution in [0.5, 0.6) is 0 Å². The van der Waals surface area contributed by atoms with Crippen molar-refractivity contribution in [1.82, 2.24) is 9.97 Å². The number of esters is 1. The number of rotatable bonds is 5. The maximum Gasteiger partial charge on any atom is 0.325 e. The van der Waals surface area contributed by atoms with Crippen molar-refractivity contribution < 1.29 is 9.53 Å². The second-order valence-electron chi connectivity index (χ2n) is 8.20. The Hall–Kier alpha value is -2.18. The van der Waals surface area contributed by atoms with Gasteiger partial charge in [-0.15, -0.1) is 0 Å². The van der Waals surface area contributed by atoms with Crippen LogP contribution in [0.15, 0.2) is 6.20 Å².